The van der Waals surface area contributed by atoms with Crippen molar-refractivity contribution in [2.75, 3.05) is 11.9 Å². The van der Waals surface area contributed by atoms with Crippen LogP contribution in [-0.2, 0) is 4.79 Å². The Morgan fingerprint density at radius 2 is 1.87 bits per heavy atom. The first-order chi connectivity index (χ1) is 14.5. The number of fused-ring (bicyclic) bond motifs is 1. The summed E-state index contributed by atoms with van der Waals surface area (Å²) in [7, 11) is 2.13. The third kappa shape index (κ3) is 4.17. The van der Waals surface area contributed by atoms with Gasteiger partial charge in [0, 0.05) is 23.3 Å². The van der Waals surface area contributed by atoms with Crippen LogP contribution < -0.4 is 10.2 Å². The van der Waals surface area contributed by atoms with E-state index in [2.05, 4.69) is 68.2 Å². The van der Waals surface area contributed by atoms with Crippen LogP contribution in [-0.4, -0.2) is 23.7 Å². The van der Waals surface area contributed by atoms with Crippen LogP contribution in [0.25, 0.3) is 11.6 Å². The molecule has 2 aromatic rings. The fourth-order valence-electron chi connectivity index (χ4n) is 3.91. The number of aliphatic imine (C=N–C) groups is 1. The van der Waals surface area contributed by atoms with Crippen molar-refractivity contribution in [3.8, 4) is 0 Å². The highest BCUT2D eigenvalue weighted by Gasteiger charge is 2.29. The molecule has 2 aliphatic heterocycles. The zero-order valence-electron chi connectivity index (χ0n) is 18.6. The molecule has 0 aliphatic carbocycles. The molecule has 0 aromatic heterocycles. The monoisotopic (exact) mass is 451 g/mol. The van der Waals surface area contributed by atoms with E-state index in [0.29, 0.717) is 15.1 Å². The minimum absolute atomic E-state index is 0.0332. The zero-order valence-corrected chi connectivity index (χ0v) is 20.2. The van der Waals surface area contributed by atoms with E-state index in [1.165, 1.54) is 28.6 Å². The number of carbonyl (C=O) groups excluding carboxylic acids is 1. The van der Waals surface area contributed by atoms with E-state index in [1.807, 2.05) is 25.1 Å². The number of hydrogen-bond donors (Lipinski definition) is 1. The van der Waals surface area contributed by atoms with Gasteiger partial charge in [-0.1, -0.05) is 23.7 Å². The molecule has 0 atom stereocenters. The Morgan fingerprint density at radius 3 is 2.61 bits per heavy atom. The maximum absolute atomic E-state index is 12.6. The van der Waals surface area contributed by atoms with Gasteiger partial charge < -0.3 is 10.2 Å². The smallest absolute Gasteiger partial charge is 0.264 e. The van der Waals surface area contributed by atoms with Crippen LogP contribution in [0.4, 0.5) is 11.4 Å². The van der Waals surface area contributed by atoms with Crippen LogP contribution >= 0.6 is 23.4 Å². The van der Waals surface area contributed by atoms with Gasteiger partial charge in [0.25, 0.3) is 5.91 Å². The molecule has 0 radical (unpaired) electrons. The van der Waals surface area contributed by atoms with Crippen molar-refractivity contribution < 1.29 is 4.79 Å². The Bertz CT molecular complexity index is 1190. The highest BCUT2D eigenvalue weighted by atomic mass is 35.5. The first-order valence-electron chi connectivity index (χ1n) is 10.2. The molecule has 6 heteroatoms. The van der Waals surface area contributed by atoms with E-state index >= 15 is 0 Å². The quantitative estimate of drug-likeness (QED) is 0.531. The number of anilines is 1. The van der Waals surface area contributed by atoms with E-state index in [-0.39, 0.29) is 11.4 Å². The molecule has 2 aliphatic rings. The van der Waals surface area contributed by atoms with Gasteiger partial charge in [-0.25, -0.2) is 4.99 Å². The van der Waals surface area contributed by atoms with Gasteiger partial charge >= 0.3 is 0 Å². The molecular formula is C25H26ClN3OS. The molecule has 31 heavy (non-hydrogen) atoms. The van der Waals surface area contributed by atoms with Crippen molar-refractivity contribution in [2.45, 2.75) is 40.2 Å². The number of thioether (sulfide) groups is 1. The number of aryl methyl sites for hydroxylation is 2. The maximum atomic E-state index is 12.6. The lowest BCUT2D eigenvalue weighted by atomic mass is 9.87. The summed E-state index contributed by atoms with van der Waals surface area (Å²) in [6.07, 6.45) is 4.24. The van der Waals surface area contributed by atoms with Crippen LogP contribution in [0.5, 0.6) is 0 Å². The third-order valence-corrected chi connectivity index (χ3v) is 7.08. The first-order valence-corrected chi connectivity index (χ1v) is 11.4. The molecule has 2 aromatic carbocycles. The fraction of sp³-hybridized carbons (Fsp3) is 0.280. The van der Waals surface area contributed by atoms with E-state index in [9.17, 15) is 4.79 Å². The minimum atomic E-state index is -0.133. The average molecular weight is 452 g/mol. The zero-order chi connectivity index (χ0) is 22.5. The summed E-state index contributed by atoms with van der Waals surface area (Å²) in [4.78, 5) is 20.1. The standard InChI is InChI=1S/C25H26ClN3OS/c1-14-7-8-18(26)12-20(14)27-24-28-23(30)22(31-24)11-17-10-19-16(3)13-25(4,5)29(6)21(19)9-15(17)2/h7-13H,1-6H3,(H,27,28,30)/b22-11-. The molecule has 1 amide bonds. The number of likely N-dealkylation sites (N-methyl/N-ethyl adjacent to an activating group) is 1. The number of rotatable bonds is 2. The number of carbonyl (C=O) groups is 1. The third-order valence-electron chi connectivity index (χ3n) is 5.94. The maximum Gasteiger partial charge on any atom is 0.264 e. The Kier molecular flexibility index (Phi) is 5.52. The van der Waals surface area contributed by atoms with Gasteiger partial charge in [0.2, 0.25) is 0 Å². The first kappa shape index (κ1) is 21.7. The lowest BCUT2D eigenvalue weighted by molar-refractivity contribution is -0.115. The molecule has 0 unspecified atom stereocenters. The summed E-state index contributed by atoms with van der Waals surface area (Å²) in [6, 6.07) is 9.95. The van der Waals surface area contributed by atoms with Crippen LogP contribution in [0.3, 0.4) is 0 Å². The van der Waals surface area contributed by atoms with Gasteiger partial charge in [-0.15, -0.1) is 0 Å². The number of nitrogens with zero attached hydrogens (tertiary/aromatic N) is 2. The molecule has 4 rings (SSSR count). The van der Waals surface area contributed by atoms with E-state index < -0.39 is 0 Å². The predicted octanol–water partition coefficient (Wildman–Crippen LogP) is 6.48. The predicted molar refractivity (Wildman–Crippen MR) is 134 cm³/mol. The van der Waals surface area contributed by atoms with E-state index in [0.717, 1.165) is 22.4 Å². The lowest BCUT2D eigenvalue weighted by Crippen LogP contribution is -2.42. The number of benzene rings is 2. The minimum Gasteiger partial charge on any atom is -0.365 e. The van der Waals surface area contributed by atoms with Crippen LogP contribution in [0.15, 0.2) is 46.3 Å². The number of amides is 1. The Hall–Kier alpha value is -2.50. The van der Waals surface area contributed by atoms with Crippen molar-refractivity contribution >= 4 is 57.5 Å². The van der Waals surface area contributed by atoms with Crippen molar-refractivity contribution in [3.05, 3.63) is 68.6 Å². The SMILES string of the molecule is CC1=CC(C)(C)N(C)c2cc(C)c(/C=C3\SC(=Nc4cc(Cl)ccc4C)NC3=O)cc21. The van der Waals surface area contributed by atoms with Crippen molar-refractivity contribution in [1.82, 2.24) is 5.32 Å². The summed E-state index contributed by atoms with van der Waals surface area (Å²) in [5, 5.41) is 4.06. The number of nitrogens with one attached hydrogen (secondary N) is 1. The summed E-state index contributed by atoms with van der Waals surface area (Å²) in [5.74, 6) is -0.133. The second-order valence-electron chi connectivity index (χ2n) is 8.68. The molecule has 2 heterocycles. The molecule has 4 nitrogen and oxygen atoms in total. The molecule has 0 saturated carbocycles. The topological polar surface area (TPSA) is 44.7 Å². The van der Waals surface area contributed by atoms with Crippen LogP contribution in [0.2, 0.25) is 5.02 Å². The van der Waals surface area contributed by atoms with E-state index in [4.69, 9.17) is 11.6 Å². The molecule has 1 fully saturated rings. The fourth-order valence-corrected chi connectivity index (χ4v) is 4.90. The van der Waals surface area contributed by atoms with Gasteiger partial charge in [0.15, 0.2) is 5.17 Å². The molecule has 0 spiro atoms. The van der Waals surface area contributed by atoms with Crippen molar-refractivity contribution in [3.63, 3.8) is 0 Å². The van der Waals surface area contributed by atoms with E-state index in [1.54, 1.807) is 6.07 Å². The number of amidine groups is 1. The second-order valence-corrected chi connectivity index (χ2v) is 10.1. The summed E-state index contributed by atoms with van der Waals surface area (Å²) in [5.41, 5.74) is 7.56. The van der Waals surface area contributed by atoms with Crippen LogP contribution in [0, 0.1) is 13.8 Å². The number of allylic oxidation sites excluding steroid dienone is 1. The van der Waals surface area contributed by atoms with Gasteiger partial charge in [-0.05, 0) is 99.0 Å². The highest BCUT2D eigenvalue weighted by molar-refractivity contribution is 8.18. The van der Waals surface area contributed by atoms with Crippen LogP contribution in [0.1, 0.15) is 43.0 Å². The molecule has 1 N–H and O–H groups in total. The number of hydrogen-bond acceptors (Lipinski definition) is 4. The Balaban J connectivity index is 1.68. The van der Waals surface area contributed by atoms with Crippen molar-refractivity contribution in [1.29, 1.82) is 0 Å². The molecular weight excluding hydrogens is 426 g/mol. The largest absolute Gasteiger partial charge is 0.365 e. The van der Waals surface area contributed by atoms with Crippen molar-refractivity contribution in [2.24, 2.45) is 4.99 Å². The van der Waals surface area contributed by atoms with Gasteiger partial charge in [-0.2, -0.15) is 0 Å². The molecule has 1 saturated heterocycles. The second kappa shape index (κ2) is 7.88. The van der Waals surface area contributed by atoms with Gasteiger partial charge in [0.1, 0.15) is 0 Å². The molecule has 160 valence electrons. The van der Waals surface area contributed by atoms with Gasteiger partial charge in [-0.3, -0.25) is 4.79 Å². The summed E-state index contributed by atoms with van der Waals surface area (Å²) < 4.78 is 0. The Morgan fingerprint density at radius 1 is 1.13 bits per heavy atom. The van der Waals surface area contributed by atoms with Gasteiger partial charge in [0.05, 0.1) is 16.1 Å². The lowest BCUT2D eigenvalue weighted by Gasteiger charge is -2.41. The molecule has 0 bridgehead atoms. The average Bonchev–Trinajstić information content (AvgIpc) is 3.03. The highest BCUT2D eigenvalue weighted by Crippen LogP contribution is 2.40. The summed E-state index contributed by atoms with van der Waals surface area (Å²) >= 11 is 7.45. The Labute approximate surface area is 193 Å². The summed E-state index contributed by atoms with van der Waals surface area (Å²) in [6.45, 7) is 10.6. The normalized spacial score (nSPS) is 20.2. The number of halogens is 1.